The third-order valence-electron chi connectivity index (χ3n) is 3.84. The number of amides is 1. The van der Waals surface area contributed by atoms with Gasteiger partial charge in [-0.2, -0.15) is 0 Å². The summed E-state index contributed by atoms with van der Waals surface area (Å²) >= 11 is 0. The van der Waals surface area contributed by atoms with Crippen LogP contribution in [0.5, 0.6) is 5.75 Å². The van der Waals surface area contributed by atoms with E-state index in [9.17, 15) is 4.79 Å². The van der Waals surface area contributed by atoms with Crippen molar-refractivity contribution in [1.29, 1.82) is 0 Å². The molecule has 2 unspecified atom stereocenters. The van der Waals surface area contributed by atoms with Crippen LogP contribution in [-0.2, 0) is 4.74 Å². The number of ether oxygens (including phenoxy) is 2. The summed E-state index contributed by atoms with van der Waals surface area (Å²) in [6.07, 6.45) is 0.770. The predicted octanol–water partition coefficient (Wildman–Crippen LogP) is 1.63. The minimum absolute atomic E-state index is 0.0209. The maximum Gasteiger partial charge on any atom is 0.414 e. The van der Waals surface area contributed by atoms with Crippen molar-refractivity contribution in [3.05, 3.63) is 24.3 Å². The molecular formula is C14H18N2O3. The highest BCUT2D eigenvalue weighted by atomic mass is 16.6. The molecule has 2 heterocycles. The number of nitrogens with zero attached hydrogens (tertiary/aromatic N) is 1. The summed E-state index contributed by atoms with van der Waals surface area (Å²) in [6, 6.07) is 7.53. The van der Waals surface area contributed by atoms with Gasteiger partial charge in [-0.1, -0.05) is 12.1 Å². The van der Waals surface area contributed by atoms with Gasteiger partial charge in [-0.3, -0.25) is 4.90 Å². The average molecular weight is 262 g/mol. The first-order valence-corrected chi connectivity index (χ1v) is 6.61. The van der Waals surface area contributed by atoms with E-state index in [4.69, 9.17) is 9.47 Å². The highest BCUT2D eigenvalue weighted by Gasteiger charge is 2.39. The van der Waals surface area contributed by atoms with Gasteiger partial charge in [0.15, 0.2) is 0 Å². The van der Waals surface area contributed by atoms with Gasteiger partial charge < -0.3 is 14.8 Å². The molecule has 0 saturated carbocycles. The van der Waals surface area contributed by atoms with E-state index in [0.717, 1.165) is 25.2 Å². The second-order valence-electron chi connectivity index (χ2n) is 4.96. The van der Waals surface area contributed by atoms with E-state index in [1.165, 1.54) is 0 Å². The molecule has 0 aromatic heterocycles. The Hall–Kier alpha value is -1.75. The van der Waals surface area contributed by atoms with Crippen molar-refractivity contribution in [3.8, 4) is 5.75 Å². The van der Waals surface area contributed by atoms with Crippen LogP contribution in [0, 0.1) is 5.92 Å². The van der Waals surface area contributed by atoms with Crippen molar-refractivity contribution >= 4 is 11.8 Å². The molecule has 2 aliphatic rings. The highest BCUT2D eigenvalue weighted by Crippen LogP contribution is 2.33. The number of carbonyl (C=O) groups excluding carboxylic acids is 1. The van der Waals surface area contributed by atoms with Gasteiger partial charge in [0.1, 0.15) is 11.9 Å². The molecule has 0 aliphatic carbocycles. The normalized spacial score (nSPS) is 26.6. The lowest BCUT2D eigenvalue weighted by atomic mass is 10.0. The van der Waals surface area contributed by atoms with Crippen LogP contribution in [0.1, 0.15) is 6.42 Å². The molecule has 1 N–H and O–H groups in total. The largest absolute Gasteiger partial charge is 0.495 e. The molecule has 2 fully saturated rings. The number of cyclic esters (lactones) is 1. The summed E-state index contributed by atoms with van der Waals surface area (Å²) in [5.74, 6) is 1.12. The van der Waals surface area contributed by atoms with Gasteiger partial charge in [0.2, 0.25) is 0 Å². The number of para-hydroxylation sites is 2. The van der Waals surface area contributed by atoms with Crippen LogP contribution in [0.2, 0.25) is 0 Å². The van der Waals surface area contributed by atoms with Gasteiger partial charge in [0.05, 0.1) is 19.3 Å². The fourth-order valence-electron chi connectivity index (χ4n) is 2.77. The maximum atomic E-state index is 12.0. The van der Waals surface area contributed by atoms with Crippen LogP contribution in [0.3, 0.4) is 0 Å². The Balaban J connectivity index is 1.79. The van der Waals surface area contributed by atoms with Gasteiger partial charge in [-0.05, 0) is 25.1 Å². The number of carbonyl (C=O) groups is 1. The minimum atomic E-state index is -0.276. The summed E-state index contributed by atoms with van der Waals surface area (Å²) in [5.41, 5.74) is 0.781. The molecule has 0 bridgehead atoms. The molecule has 0 radical (unpaired) electrons. The highest BCUT2D eigenvalue weighted by molar-refractivity contribution is 5.91. The van der Waals surface area contributed by atoms with E-state index < -0.39 is 0 Å². The van der Waals surface area contributed by atoms with Gasteiger partial charge in [0, 0.05) is 12.5 Å². The number of methoxy groups -OCH3 is 1. The lowest BCUT2D eigenvalue weighted by Crippen LogP contribution is -2.29. The minimum Gasteiger partial charge on any atom is -0.495 e. The van der Waals surface area contributed by atoms with E-state index >= 15 is 0 Å². The van der Waals surface area contributed by atoms with E-state index in [1.54, 1.807) is 12.0 Å². The lowest BCUT2D eigenvalue weighted by molar-refractivity contribution is 0.111. The van der Waals surface area contributed by atoms with Crippen LogP contribution >= 0.6 is 0 Å². The number of hydrogen-bond donors (Lipinski definition) is 1. The summed E-state index contributed by atoms with van der Waals surface area (Å²) in [6.45, 7) is 2.54. The molecule has 1 amide bonds. The maximum absolute atomic E-state index is 12.0. The second-order valence-corrected chi connectivity index (χ2v) is 4.96. The Kier molecular flexibility index (Phi) is 3.29. The smallest absolute Gasteiger partial charge is 0.414 e. The Morgan fingerprint density at radius 2 is 2.26 bits per heavy atom. The number of benzene rings is 1. The van der Waals surface area contributed by atoms with Crippen molar-refractivity contribution in [3.63, 3.8) is 0 Å². The van der Waals surface area contributed by atoms with E-state index in [1.807, 2.05) is 24.3 Å². The van der Waals surface area contributed by atoms with Crippen LogP contribution in [-0.4, -0.2) is 38.9 Å². The summed E-state index contributed by atoms with van der Waals surface area (Å²) in [5, 5.41) is 3.31. The molecule has 0 spiro atoms. The molecule has 19 heavy (non-hydrogen) atoms. The molecule has 5 nitrogen and oxygen atoms in total. The summed E-state index contributed by atoms with van der Waals surface area (Å²) in [4.78, 5) is 13.7. The first-order chi connectivity index (χ1) is 9.29. The molecule has 1 aromatic carbocycles. The number of nitrogens with one attached hydrogen (secondary N) is 1. The molecule has 102 valence electrons. The van der Waals surface area contributed by atoms with Crippen molar-refractivity contribution in [2.24, 2.45) is 5.92 Å². The van der Waals surface area contributed by atoms with Gasteiger partial charge in [-0.15, -0.1) is 0 Å². The topological polar surface area (TPSA) is 50.8 Å². The summed E-state index contributed by atoms with van der Waals surface area (Å²) < 4.78 is 10.8. The van der Waals surface area contributed by atoms with E-state index in [2.05, 4.69) is 5.32 Å². The van der Waals surface area contributed by atoms with Crippen LogP contribution in [0.4, 0.5) is 10.5 Å². The first kappa shape index (κ1) is 12.3. The van der Waals surface area contributed by atoms with E-state index in [0.29, 0.717) is 18.2 Å². The number of anilines is 1. The molecule has 2 saturated heterocycles. The fourth-order valence-corrected chi connectivity index (χ4v) is 2.77. The average Bonchev–Trinajstić information content (AvgIpc) is 3.07. The third-order valence-corrected chi connectivity index (χ3v) is 3.84. The fraction of sp³-hybridized carbons (Fsp3) is 0.500. The Morgan fingerprint density at radius 1 is 1.42 bits per heavy atom. The number of hydrogen-bond acceptors (Lipinski definition) is 4. The zero-order valence-electron chi connectivity index (χ0n) is 11.0. The van der Waals surface area contributed by atoms with Crippen LogP contribution in [0.25, 0.3) is 0 Å². The molecule has 2 atom stereocenters. The zero-order chi connectivity index (χ0) is 13.2. The molecule has 1 aromatic rings. The Morgan fingerprint density at radius 3 is 3.00 bits per heavy atom. The Labute approximate surface area is 112 Å². The molecule has 2 aliphatic heterocycles. The zero-order valence-corrected chi connectivity index (χ0v) is 11.0. The van der Waals surface area contributed by atoms with Crippen LogP contribution < -0.4 is 15.0 Å². The molecule has 3 rings (SSSR count). The van der Waals surface area contributed by atoms with E-state index in [-0.39, 0.29) is 12.2 Å². The Bertz CT molecular complexity index is 472. The quantitative estimate of drug-likeness (QED) is 0.899. The standard InChI is InChI=1S/C14H18N2O3/c1-18-12-5-3-2-4-11(12)16-9-13(19-14(16)17)10-6-7-15-8-10/h2-5,10,13,15H,6-9H2,1H3. The van der Waals surface area contributed by atoms with Crippen LogP contribution in [0.15, 0.2) is 24.3 Å². The lowest BCUT2D eigenvalue weighted by Gasteiger charge is -2.17. The monoisotopic (exact) mass is 262 g/mol. The van der Waals surface area contributed by atoms with Gasteiger partial charge in [0.25, 0.3) is 0 Å². The van der Waals surface area contributed by atoms with Gasteiger partial charge in [-0.25, -0.2) is 4.79 Å². The number of rotatable bonds is 3. The second kappa shape index (κ2) is 5.09. The van der Waals surface area contributed by atoms with Crippen molar-refractivity contribution < 1.29 is 14.3 Å². The first-order valence-electron chi connectivity index (χ1n) is 6.61. The predicted molar refractivity (Wildman–Crippen MR) is 71.6 cm³/mol. The van der Waals surface area contributed by atoms with Crippen molar-refractivity contribution in [1.82, 2.24) is 5.32 Å². The molecular weight excluding hydrogens is 244 g/mol. The third kappa shape index (κ3) is 2.26. The van der Waals surface area contributed by atoms with Gasteiger partial charge >= 0.3 is 6.09 Å². The SMILES string of the molecule is COc1ccccc1N1CC(C2CCNC2)OC1=O. The van der Waals surface area contributed by atoms with Crippen molar-refractivity contribution in [2.45, 2.75) is 12.5 Å². The molecule has 5 heteroatoms. The van der Waals surface area contributed by atoms with Crippen molar-refractivity contribution in [2.75, 3.05) is 31.6 Å². The summed E-state index contributed by atoms with van der Waals surface area (Å²) in [7, 11) is 1.61.